The topological polar surface area (TPSA) is 17.1 Å². The normalized spacial score (nSPS) is 2.50. The zero-order chi connectivity index (χ0) is 4.00. The van der Waals surface area contributed by atoms with Crippen LogP contribution in [0.5, 0.6) is 0 Å². The molecule has 0 aliphatic carbocycles. The van der Waals surface area contributed by atoms with Crippen LogP contribution in [-0.4, -0.2) is 0 Å². The molecule has 0 radical (unpaired) electrons. The van der Waals surface area contributed by atoms with Crippen molar-refractivity contribution in [3.63, 3.8) is 0 Å². The Morgan fingerprint density at radius 1 is 1.50 bits per heavy atom. The summed E-state index contributed by atoms with van der Waals surface area (Å²) >= 11 is 1.70. The third-order valence-corrected chi connectivity index (χ3v) is 0. The molecule has 0 aromatic carbocycles. The van der Waals surface area contributed by atoms with E-state index in [1.165, 1.54) is 0 Å². The summed E-state index contributed by atoms with van der Waals surface area (Å²) in [6, 6.07) is 0. The molecule has 2 heteroatoms. The zero-order valence-corrected chi connectivity index (χ0v) is 3.48. The Morgan fingerprint density at radius 2 is 1.50 bits per heavy atom. The summed E-state index contributed by atoms with van der Waals surface area (Å²) in [6.07, 6.45) is 0. The van der Waals surface area contributed by atoms with E-state index in [9.17, 15) is 0 Å². The van der Waals surface area contributed by atoms with Gasteiger partial charge in [0.25, 0.3) is 0 Å². The van der Waals surface area contributed by atoms with Gasteiger partial charge in [0.15, 0.2) is 0 Å². The average Bonchev–Trinajstić information content (AvgIpc) is 1.50. The van der Waals surface area contributed by atoms with Gasteiger partial charge in [-0.25, -0.2) is 0 Å². The van der Waals surface area contributed by atoms with Crippen LogP contribution in [0, 0.1) is 6.58 Å². The molecular formula is C2H3AgO-. The molecule has 0 heterocycles. The van der Waals surface area contributed by atoms with Gasteiger partial charge in [-0.05, 0) is 0 Å². The van der Waals surface area contributed by atoms with Gasteiger partial charge in [0, 0.05) is 0 Å². The van der Waals surface area contributed by atoms with E-state index in [0.29, 0.717) is 0 Å². The molecule has 0 spiro atoms. The van der Waals surface area contributed by atoms with Gasteiger partial charge in [0.05, 0.1) is 0 Å². The predicted molar refractivity (Wildman–Crippen MR) is 10.6 cm³/mol. The Kier molecular flexibility index (Phi) is 481. The van der Waals surface area contributed by atoms with Crippen LogP contribution in [0.1, 0.15) is 0 Å². The summed E-state index contributed by atoms with van der Waals surface area (Å²) in [5, 5.41) is 0. The molecule has 0 saturated heterocycles. The summed E-state index contributed by atoms with van der Waals surface area (Å²) in [5.74, 6) is 0. The first-order chi connectivity index (χ1) is 2.00. The molecule has 0 unspecified atom stereocenters. The van der Waals surface area contributed by atoms with Crippen molar-refractivity contribution in [1.82, 2.24) is 0 Å². The molecular weight excluding hydrogens is 148 g/mol. The van der Waals surface area contributed by atoms with E-state index in [4.69, 9.17) is 3.25 Å². The number of hydrogen-bond donors (Lipinski definition) is 0. The second kappa shape index (κ2) is 217. The third kappa shape index (κ3) is 47.6. The third-order valence-electron chi connectivity index (χ3n) is 0. The van der Waals surface area contributed by atoms with Crippen LogP contribution >= 0.6 is 0 Å². The van der Waals surface area contributed by atoms with Gasteiger partial charge in [-0.3, -0.25) is 6.58 Å². The molecule has 0 aliphatic heterocycles. The van der Waals surface area contributed by atoms with Crippen LogP contribution < -0.4 is 0 Å². The van der Waals surface area contributed by atoms with Gasteiger partial charge in [0.1, 0.15) is 0 Å². The first-order valence-corrected chi connectivity index (χ1v) is 1.14. The predicted octanol–water partition coefficient (Wildman–Crippen LogP) is 0.484. The Morgan fingerprint density at radius 3 is 1.50 bits per heavy atom. The molecule has 1 nitrogen and oxygen atoms in total. The van der Waals surface area contributed by atoms with E-state index >= 15 is 0 Å². The summed E-state index contributed by atoms with van der Waals surface area (Å²) in [6.45, 7) is 7.00. The molecule has 0 saturated carbocycles. The Labute approximate surface area is 38.0 Å². The van der Waals surface area contributed by atoms with Gasteiger partial charge < -0.3 is 6.58 Å². The van der Waals surface area contributed by atoms with Crippen molar-refractivity contribution < 1.29 is 24.3 Å². The Balaban J connectivity index is 0. The van der Waals surface area contributed by atoms with Crippen molar-refractivity contribution in [3.8, 4) is 0 Å². The Bertz CT molecular complexity index is 8.00. The van der Waals surface area contributed by atoms with Gasteiger partial charge in [-0.2, -0.15) is 0 Å². The number of rotatable bonds is 0. The first kappa shape index (κ1) is 8.86. The van der Waals surface area contributed by atoms with E-state index < -0.39 is 0 Å². The minimum absolute atomic E-state index is 1.70. The van der Waals surface area contributed by atoms with Gasteiger partial charge in [-0.1, -0.05) is 0 Å². The molecule has 0 aliphatic rings. The van der Waals surface area contributed by atoms with Crippen LogP contribution in [-0.2, 0) is 24.3 Å². The van der Waals surface area contributed by atoms with Crippen molar-refractivity contribution in [1.29, 1.82) is 0 Å². The van der Waals surface area contributed by atoms with E-state index in [2.05, 4.69) is 13.2 Å². The van der Waals surface area contributed by atoms with Crippen molar-refractivity contribution in [2.75, 3.05) is 0 Å². The van der Waals surface area contributed by atoms with Crippen LogP contribution in [0.15, 0.2) is 6.58 Å². The molecule has 0 rings (SSSR count). The van der Waals surface area contributed by atoms with Crippen LogP contribution in [0.4, 0.5) is 0 Å². The quantitative estimate of drug-likeness (QED) is 0.363. The van der Waals surface area contributed by atoms with E-state index in [0.717, 1.165) is 0 Å². The van der Waals surface area contributed by atoms with Crippen molar-refractivity contribution in [3.05, 3.63) is 13.2 Å². The summed E-state index contributed by atoms with van der Waals surface area (Å²) < 4.78 is 8.06. The fourth-order valence-corrected chi connectivity index (χ4v) is 0. The SMILES string of the molecule is [CH-]=C.[O]=[Ag]. The van der Waals surface area contributed by atoms with E-state index in [1.54, 1.807) is 21.0 Å². The fraction of sp³-hybridized carbons (Fsp3) is 0. The molecule has 0 bridgehead atoms. The molecule has 0 N–H and O–H groups in total. The van der Waals surface area contributed by atoms with E-state index in [-0.39, 0.29) is 0 Å². The summed E-state index contributed by atoms with van der Waals surface area (Å²) in [4.78, 5) is 0. The van der Waals surface area contributed by atoms with Crippen LogP contribution in [0.25, 0.3) is 0 Å². The van der Waals surface area contributed by atoms with Crippen molar-refractivity contribution in [2.24, 2.45) is 0 Å². The van der Waals surface area contributed by atoms with Crippen molar-refractivity contribution >= 4 is 0 Å². The van der Waals surface area contributed by atoms with Gasteiger partial charge >= 0.3 is 24.3 Å². The molecule has 0 fully saturated rings. The van der Waals surface area contributed by atoms with E-state index in [1.807, 2.05) is 0 Å². The second-order valence-corrected chi connectivity index (χ2v) is 0. The maximum atomic E-state index is 8.06. The second-order valence-electron chi connectivity index (χ2n) is 0. The van der Waals surface area contributed by atoms with Crippen LogP contribution in [0.3, 0.4) is 0 Å². The molecule has 4 heavy (non-hydrogen) atoms. The monoisotopic (exact) mass is 150 g/mol. The summed E-state index contributed by atoms with van der Waals surface area (Å²) in [7, 11) is 0. The van der Waals surface area contributed by atoms with Crippen LogP contribution in [0.2, 0.25) is 0 Å². The number of hydrogen-bond acceptors (Lipinski definition) is 1. The molecule has 0 aromatic rings. The molecule has 0 atom stereocenters. The molecule has 29 valence electrons. The van der Waals surface area contributed by atoms with Gasteiger partial charge in [-0.15, -0.1) is 0 Å². The standard InChI is InChI=1S/C2H3.Ag.O/c1-2;;/h1H,2H2;;/q-1;;. The fourth-order valence-electron chi connectivity index (χ4n) is 0. The zero-order valence-electron chi connectivity index (χ0n) is 1.99. The minimum atomic E-state index is 1.70. The first-order valence-electron chi connectivity index (χ1n) is 0.531. The maximum absolute atomic E-state index is 8.06. The van der Waals surface area contributed by atoms with Crippen molar-refractivity contribution in [2.45, 2.75) is 0 Å². The van der Waals surface area contributed by atoms with Gasteiger partial charge in [0.2, 0.25) is 0 Å². The summed E-state index contributed by atoms with van der Waals surface area (Å²) in [5.41, 5.74) is 0. The Hall–Kier alpha value is 0.280. The molecule has 0 aromatic heterocycles. The average molecular weight is 151 g/mol. The molecule has 0 amide bonds.